The molecule has 1 saturated heterocycles. The molecule has 1 aliphatic heterocycles. The number of nitrogens with zero attached hydrogens (tertiary/aromatic N) is 1. The third kappa shape index (κ3) is 4.99. The molecule has 0 aromatic rings. The van der Waals surface area contributed by atoms with Crippen molar-refractivity contribution in [3.63, 3.8) is 0 Å². The van der Waals surface area contributed by atoms with E-state index in [9.17, 15) is 4.79 Å². The van der Waals surface area contributed by atoms with Gasteiger partial charge in [-0.15, -0.1) is 0 Å². The van der Waals surface area contributed by atoms with E-state index >= 15 is 0 Å². The Morgan fingerprint density at radius 1 is 1.41 bits per heavy atom. The molecular formula is C14H26BrNO. The van der Waals surface area contributed by atoms with Gasteiger partial charge in [0.05, 0.1) is 0 Å². The number of halogens is 1. The summed E-state index contributed by atoms with van der Waals surface area (Å²) in [6.07, 6.45) is 5.31. The smallest absolute Gasteiger partial charge is 0.222 e. The van der Waals surface area contributed by atoms with Crippen LogP contribution in [0.5, 0.6) is 0 Å². The summed E-state index contributed by atoms with van der Waals surface area (Å²) in [4.78, 5) is 14.2. The first-order valence-electron chi connectivity index (χ1n) is 6.82. The number of alkyl halides is 1. The zero-order valence-electron chi connectivity index (χ0n) is 11.5. The zero-order valence-corrected chi connectivity index (χ0v) is 13.1. The number of likely N-dealkylation sites (tertiary alicyclic amines) is 1. The van der Waals surface area contributed by atoms with Crippen LogP contribution in [-0.4, -0.2) is 29.2 Å². The molecule has 1 rings (SSSR count). The summed E-state index contributed by atoms with van der Waals surface area (Å²) in [6, 6.07) is 0. The van der Waals surface area contributed by atoms with Crippen LogP contribution < -0.4 is 0 Å². The normalized spacial score (nSPS) is 22.4. The molecule has 2 nitrogen and oxygen atoms in total. The van der Waals surface area contributed by atoms with Crippen molar-refractivity contribution >= 4 is 21.8 Å². The standard InChI is InChI=1S/C14H26BrNO/c1-4-5-12(10-15)11-16-9-8-14(2,3)7-6-13(16)17/h12H,4-11H2,1-3H3. The molecule has 1 aliphatic rings. The van der Waals surface area contributed by atoms with Crippen molar-refractivity contribution in [3.8, 4) is 0 Å². The summed E-state index contributed by atoms with van der Waals surface area (Å²) in [7, 11) is 0. The van der Waals surface area contributed by atoms with Crippen molar-refractivity contribution in [2.75, 3.05) is 18.4 Å². The first-order chi connectivity index (χ1) is 7.98. The molecular weight excluding hydrogens is 278 g/mol. The van der Waals surface area contributed by atoms with E-state index in [0.717, 1.165) is 37.7 Å². The van der Waals surface area contributed by atoms with E-state index in [1.807, 2.05) is 0 Å². The molecule has 0 bridgehead atoms. The molecule has 0 aliphatic carbocycles. The first kappa shape index (κ1) is 15.0. The maximum absolute atomic E-state index is 12.1. The Hall–Kier alpha value is -0.0500. The average Bonchev–Trinajstić information content (AvgIpc) is 2.41. The van der Waals surface area contributed by atoms with E-state index in [-0.39, 0.29) is 0 Å². The fraction of sp³-hybridized carbons (Fsp3) is 0.929. The van der Waals surface area contributed by atoms with Gasteiger partial charge in [-0.05, 0) is 30.6 Å². The van der Waals surface area contributed by atoms with Crippen LogP contribution in [0.4, 0.5) is 0 Å². The second-order valence-corrected chi connectivity index (χ2v) is 6.71. The predicted octanol–water partition coefficient (Wildman–Crippen LogP) is 3.84. The summed E-state index contributed by atoms with van der Waals surface area (Å²) >= 11 is 3.57. The summed E-state index contributed by atoms with van der Waals surface area (Å²) in [5, 5.41) is 1.01. The minimum atomic E-state index is 0.332. The first-order valence-corrected chi connectivity index (χ1v) is 7.94. The highest BCUT2D eigenvalue weighted by Crippen LogP contribution is 2.30. The lowest BCUT2D eigenvalue weighted by molar-refractivity contribution is -0.131. The van der Waals surface area contributed by atoms with Gasteiger partial charge in [-0.1, -0.05) is 43.1 Å². The molecule has 100 valence electrons. The third-order valence-electron chi connectivity index (χ3n) is 3.82. The highest BCUT2D eigenvalue weighted by atomic mass is 79.9. The Balaban J connectivity index is 2.54. The molecule has 1 atom stereocenters. The van der Waals surface area contributed by atoms with Gasteiger partial charge in [-0.2, -0.15) is 0 Å². The van der Waals surface area contributed by atoms with E-state index in [1.54, 1.807) is 0 Å². The quantitative estimate of drug-likeness (QED) is 0.707. The van der Waals surface area contributed by atoms with Crippen LogP contribution in [-0.2, 0) is 4.79 Å². The fourth-order valence-electron chi connectivity index (χ4n) is 2.42. The van der Waals surface area contributed by atoms with Crippen molar-refractivity contribution in [2.24, 2.45) is 11.3 Å². The number of hydrogen-bond acceptors (Lipinski definition) is 1. The number of amides is 1. The molecule has 1 unspecified atom stereocenters. The molecule has 17 heavy (non-hydrogen) atoms. The Labute approximate surface area is 114 Å². The summed E-state index contributed by atoms with van der Waals surface area (Å²) in [5.41, 5.74) is 0.332. The lowest BCUT2D eigenvalue weighted by atomic mass is 9.85. The monoisotopic (exact) mass is 303 g/mol. The Bertz CT molecular complexity index is 253. The fourth-order valence-corrected chi connectivity index (χ4v) is 2.95. The van der Waals surface area contributed by atoms with Crippen molar-refractivity contribution in [3.05, 3.63) is 0 Å². The molecule has 0 radical (unpaired) electrons. The number of hydrogen-bond donors (Lipinski definition) is 0. The summed E-state index contributed by atoms with van der Waals surface area (Å²) in [5.74, 6) is 0.975. The van der Waals surface area contributed by atoms with Crippen LogP contribution in [0.25, 0.3) is 0 Å². The molecule has 1 amide bonds. The average molecular weight is 304 g/mol. The maximum Gasteiger partial charge on any atom is 0.222 e. The van der Waals surface area contributed by atoms with Crippen LogP contribution in [0.3, 0.4) is 0 Å². The molecule has 0 aromatic carbocycles. The molecule has 0 aromatic heterocycles. The van der Waals surface area contributed by atoms with Crippen molar-refractivity contribution in [2.45, 2.75) is 52.9 Å². The van der Waals surface area contributed by atoms with Crippen LogP contribution in [0.1, 0.15) is 52.9 Å². The van der Waals surface area contributed by atoms with Crippen molar-refractivity contribution in [1.29, 1.82) is 0 Å². The van der Waals surface area contributed by atoms with Gasteiger partial charge in [0.15, 0.2) is 0 Å². The minimum absolute atomic E-state index is 0.332. The van der Waals surface area contributed by atoms with Crippen LogP contribution in [0, 0.1) is 11.3 Å². The molecule has 0 N–H and O–H groups in total. The van der Waals surface area contributed by atoms with Crippen LogP contribution in [0.2, 0.25) is 0 Å². The van der Waals surface area contributed by atoms with Crippen LogP contribution in [0.15, 0.2) is 0 Å². The molecule has 1 fully saturated rings. The second kappa shape index (κ2) is 6.77. The molecule has 1 heterocycles. The van der Waals surface area contributed by atoms with Crippen molar-refractivity contribution in [1.82, 2.24) is 4.90 Å². The number of carbonyl (C=O) groups is 1. The van der Waals surface area contributed by atoms with Gasteiger partial charge in [0.1, 0.15) is 0 Å². The number of carbonyl (C=O) groups excluding carboxylic acids is 1. The highest BCUT2D eigenvalue weighted by Gasteiger charge is 2.28. The van der Waals surface area contributed by atoms with E-state index in [4.69, 9.17) is 0 Å². The molecule has 0 spiro atoms. The van der Waals surface area contributed by atoms with E-state index in [0.29, 0.717) is 17.2 Å². The Morgan fingerprint density at radius 3 is 2.71 bits per heavy atom. The van der Waals surface area contributed by atoms with Gasteiger partial charge in [-0.3, -0.25) is 4.79 Å². The van der Waals surface area contributed by atoms with Gasteiger partial charge in [0.2, 0.25) is 5.91 Å². The second-order valence-electron chi connectivity index (χ2n) is 6.06. The Morgan fingerprint density at radius 2 is 2.12 bits per heavy atom. The lowest BCUT2D eigenvalue weighted by Crippen LogP contribution is -2.35. The highest BCUT2D eigenvalue weighted by molar-refractivity contribution is 9.09. The summed E-state index contributed by atoms with van der Waals surface area (Å²) < 4.78 is 0. The summed E-state index contributed by atoms with van der Waals surface area (Å²) in [6.45, 7) is 8.64. The maximum atomic E-state index is 12.1. The zero-order chi connectivity index (χ0) is 12.9. The van der Waals surface area contributed by atoms with Gasteiger partial charge in [0.25, 0.3) is 0 Å². The SMILES string of the molecule is CCCC(CBr)CN1CCC(C)(C)CCC1=O. The third-order valence-corrected chi connectivity index (χ3v) is 4.74. The van der Waals surface area contributed by atoms with E-state index in [1.165, 1.54) is 12.8 Å². The minimum Gasteiger partial charge on any atom is -0.342 e. The largest absolute Gasteiger partial charge is 0.342 e. The van der Waals surface area contributed by atoms with E-state index in [2.05, 4.69) is 41.6 Å². The van der Waals surface area contributed by atoms with Crippen LogP contribution >= 0.6 is 15.9 Å². The van der Waals surface area contributed by atoms with E-state index < -0.39 is 0 Å². The topological polar surface area (TPSA) is 20.3 Å². The molecule has 3 heteroatoms. The molecule has 0 saturated carbocycles. The van der Waals surface area contributed by atoms with Gasteiger partial charge < -0.3 is 4.90 Å². The number of rotatable bonds is 5. The lowest BCUT2D eigenvalue weighted by Gasteiger charge is -2.26. The Kier molecular flexibility index (Phi) is 5.98. The van der Waals surface area contributed by atoms with Gasteiger partial charge in [-0.25, -0.2) is 0 Å². The van der Waals surface area contributed by atoms with Gasteiger partial charge in [0, 0.05) is 24.8 Å². The van der Waals surface area contributed by atoms with Crippen molar-refractivity contribution < 1.29 is 4.79 Å². The predicted molar refractivity (Wildman–Crippen MR) is 76.4 cm³/mol. The van der Waals surface area contributed by atoms with Gasteiger partial charge >= 0.3 is 0 Å².